The second-order valence-electron chi connectivity index (χ2n) is 10.7. The molecule has 0 saturated carbocycles. The van der Waals surface area contributed by atoms with Gasteiger partial charge in [0.15, 0.2) is 0 Å². The lowest BCUT2D eigenvalue weighted by atomic mass is 10.0. The minimum absolute atomic E-state index is 0.0539. The maximum atomic E-state index is 14.1. The third-order valence-electron chi connectivity index (χ3n) is 8.03. The van der Waals surface area contributed by atoms with E-state index in [9.17, 15) is 22.8 Å². The molecule has 1 saturated heterocycles. The van der Waals surface area contributed by atoms with E-state index in [1.807, 2.05) is 11.0 Å². The first kappa shape index (κ1) is 30.0. The van der Waals surface area contributed by atoms with Crippen LogP contribution in [0.2, 0.25) is 0 Å². The summed E-state index contributed by atoms with van der Waals surface area (Å²) in [5.74, 6) is 0.856. The molecule has 2 aromatic heterocycles. The molecule has 1 aliphatic heterocycles. The lowest BCUT2D eigenvalue weighted by Gasteiger charge is -2.36. The van der Waals surface area contributed by atoms with Gasteiger partial charge in [-0.1, -0.05) is 12.1 Å². The molecule has 10 nitrogen and oxygen atoms in total. The highest BCUT2D eigenvalue weighted by Crippen LogP contribution is 2.38. The number of methoxy groups -OCH3 is 1. The number of carbonyl (C=O) groups excluding carboxylic acids is 1. The fourth-order valence-corrected chi connectivity index (χ4v) is 5.64. The van der Waals surface area contributed by atoms with Crippen molar-refractivity contribution in [1.29, 1.82) is 5.26 Å². The Bertz CT molecular complexity index is 1560. The van der Waals surface area contributed by atoms with E-state index in [2.05, 4.69) is 15.4 Å². The first-order valence-corrected chi connectivity index (χ1v) is 14.1. The number of rotatable bonds is 8. The molecule has 2 aliphatic rings. The van der Waals surface area contributed by atoms with E-state index in [4.69, 9.17) is 10.00 Å². The van der Waals surface area contributed by atoms with Crippen molar-refractivity contribution in [3.63, 3.8) is 0 Å². The van der Waals surface area contributed by atoms with Gasteiger partial charge >= 0.3 is 6.18 Å². The largest absolute Gasteiger partial charge is 0.497 e. The van der Waals surface area contributed by atoms with Crippen LogP contribution < -0.4 is 20.5 Å². The summed E-state index contributed by atoms with van der Waals surface area (Å²) in [6, 6.07) is 11.7. The number of anilines is 1. The number of amides is 1. The molecule has 3 aromatic rings. The maximum absolute atomic E-state index is 14.1. The van der Waals surface area contributed by atoms with Crippen molar-refractivity contribution in [3.05, 3.63) is 80.9 Å². The second-order valence-corrected chi connectivity index (χ2v) is 10.7. The summed E-state index contributed by atoms with van der Waals surface area (Å²) in [6.07, 6.45) is -2.81. The number of nitrogens with one attached hydrogen (secondary N) is 1. The van der Waals surface area contributed by atoms with Crippen LogP contribution in [0.15, 0.2) is 47.4 Å². The third kappa shape index (κ3) is 6.49. The fraction of sp³-hybridized carbons (Fsp3) is 0.433. The molecule has 0 radical (unpaired) electrons. The van der Waals surface area contributed by atoms with Gasteiger partial charge in [-0.05, 0) is 55.2 Å². The SMILES string of the molecule is COc1ccc(Cn2nc3c(c(C(F)(F)F)c2=O)CCC3CN[C@@H](C)C(=O)N2CCN(c3ccc(C#N)cn3)CC2)cc1. The summed E-state index contributed by atoms with van der Waals surface area (Å²) in [5, 5.41) is 16.6. The van der Waals surface area contributed by atoms with E-state index in [1.54, 1.807) is 48.2 Å². The normalized spacial score (nSPS) is 17.3. The molecule has 1 aliphatic carbocycles. The van der Waals surface area contributed by atoms with Gasteiger partial charge in [0.25, 0.3) is 5.56 Å². The monoisotopic (exact) mass is 595 g/mol. The number of carbonyl (C=O) groups is 1. The van der Waals surface area contributed by atoms with E-state index in [-0.39, 0.29) is 42.6 Å². The van der Waals surface area contributed by atoms with Crippen LogP contribution in [0, 0.1) is 11.3 Å². The van der Waals surface area contributed by atoms with Gasteiger partial charge in [-0.15, -0.1) is 0 Å². The zero-order valence-electron chi connectivity index (χ0n) is 23.9. The number of ether oxygens (including phenoxy) is 1. The standard InChI is InChI=1S/C30H32F3N7O3/c1-19(28(41)39-13-11-38(12-14-39)25-10-5-21(15-34)16-36-25)35-17-22-6-9-24-26(30(31,32)33)29(42)40(37-27(22)24)18-20-3-7-23(43-2)8-4-20/h3-5,7-8,10,16,19,22,35H,6,9,11-14,17-18H2,1-2H3/t19-,22?/m0/s1. The topological polar surface area (TPSA) is 116 Å². The molecular weight excluding hydrogens is 563 g/mol. The van der Waals surface area contributed by atoms with Crippen molar-refractivity contribution < 1.29 is 22.7 Å². The van der Waals surface area contributed by atoms with Crippen LogP contribution in [0.1, 0.15) is 47.2 Å². The average Bonchev–Trinajstić information content (AvgIpc) is 3.41. The molecule has 5 rings (SSSR count). The summed E-state index contributed by atoms with van der Waals surface area (Å²) in [4.78, 5) is 34.3. The van der Waals surface area contributed by atoms with Gasteiger partial charge in [-0.25, -0.2) is 9.67 Å². The van der Waals surface area contributed by atoms with Crippen molar-refractivity contribution in [1.82, 2.24) is 25.0 Å². The quantitative estimate of drug-likeness (QED) is 0.423. The Morgan fingerprint density at radius 3 is 2.49 bits per heavy atom. The molecule has 1 aromatic carbocycles. The van der Waals surface area contributed by atoms with E-state index in [1.165, 1.54) is 13.3 Å². The highest BCUT2D eigenvalue weighted by atomic mass is 19.4. The van der Waals surface area contributed by atoms with Crippen LogP contribution in [-0.4, -0.2) is 71.4 Å². The van der Waals surface area contributed by atoms with Crippen LogP contribution in [0.25, 0.3) is 0 Å². The number of fused-ring (bicyclic) bond motifs is 1. The summed E-state index contributed by atoms with van der Waals surface area (Å²) < 4.78 is 48.3. The van der Waals surface area contributed by atoms with Gasteiger partial charge in [0, 0.05) is 44.8 Å². The minimum atomic E-state index is -4.81. The van der Waals surface area contributed by atoms with Crippen molar-refractivity contribution in [2.75, 3.05) is 44.7 Å². The number of aromatic nitrogens is 3. The second kappa shape index (κ2) is 12.4. The highest BCUT2D eigenvalue weighted by molar-refractivity contribution is 5.81. The number of benzene rings is 1. The van der Waals surface area contributed by atoms with Gasteiger partial charge in [0.05, 0.1) is 31.0 Å². The molecule has 1 amide bonds. The van der Waals surface area contributed by atoms with Crippen LogP contribution in [-0.2, 0) is 23.9 Å². The molecule has 43 heavy (non-hydrogen) atoms. The van der Waals surface area contributed by atoms with E-state index in [0.29, 0.717) is 49.5 Å². The van der Waals surface area contributed by atoms with Gasteiger partial charge in [0.1, 0.15) is 23.2 Å². The Morgan fingerprint density at radius 1 is 1.16 bits per heavy atom. The number of halogens is 3. The van der Waals surface area contributed by atoms with Gasteiger partial charge in [0.2, 0.25) is 5.91 Å². The van der Waals surface area contributed by atoms with Crippen LogP contribution >= 0.6 is 0 Å². The summed E-state index contributed by atoms with van der Waals surface area (Å²) in [6.45, 7) is 4.04. The number of piperazine rings is 1. The predicted molar refractivity (Wildman–Crippen MR) is 152 cm³/mol. The Hall–Kier alpha value is -4.44. The Labute approximate surface area is 246 Å². The molecule has 0 spiro atoms. The zero-order chi connectivity index (χ0) is 30.7. The average molecular weight is 596 g/mol. The summed E-state index contributed by atoms with van der Waals surface area (Å²) in [5.41, 5.74) is -1.03. The molecule has 1 fully saturated rings. The molecule has 13 heteroatoms. The minimum Gasteiger partial charge on any atom is -0.497 e. The van der Waals surface area contributed by atoms with E-state index in [0.717, 1.165) is 10.5 Å². The molecular formula is C30H32F3N7O3. The molecule has 0 bridgehead atoms. The molecule has 226 valence electrons. The highest BCUT2D eigenvalue weighted by Gasteiger charge is 2.42. The van der Waals surface area contributed by atoms with Crippen molar-refractivity contribution in [2.45, 2.75) is 44.4 Å². The first-order valence-electron chi connectivity index (χ1n) is 14.1. The molecule has 1 N–H and O–H groups in total. The van der Waals surface area contributed by atoms with Crippen molar-refractivity contribution in [2.24, 2.45) is 0 Å². The third-order valence-corrected chi connectivity index (χ3v) is 8.03. The Balaban J connectivity index is 1.25. The fourth-order valence-electron chi connectivity index (χ4n) is 5.64. The molecule has 1 unspecified atom stereocenters. The zero-order valence-corrected chi connectivity index (χ0v) is 23.9. The lowest BCUT2D eigenvalue weighted by molar-refractivity contribution is -0.139. The predicted octanol–water partition coefficient (Wildman–Crippen LogP) is 2.94. The number of pyridine rings is 1. The van der Waals surface area contributed by atoms with Crippen LogP contribution in [0.4, 0.5) is 19.0 Å². The molecule has 3 heterocycles. The summed E-state index contributed by atoms with van der Waals surface area (Å²) in [7, 11) is 1.51. The first-order chi connectivity index (χ1) is 20.6. The number of hydrogen-bond acceptors (Lipinski definition) is 8. The summed E-state index contributed by atoms with van der Waals surface area (Å²) >= 11 is 0. The van der Waals surface area contributed by atoms with E-state index >= 15 is 0 Å². The molecule has 2 atom stereocenters. The lowest BCUT2D eigenvalue weighted by Crippen LogP contribution is -2.54. The number of nitriles is 1. The Kier molecular flexibility index (Phi) is 8.68. The van der Waals surface area contributed by atoms with Gasteiger partial charge < -0.3 is 19.9 Å². The van der Waals surface area contributed by atoms with Gasteiger partial charge in [-0.3, -0.25) is 9.59 Å². The smallest absolute Gasteiger partial charge is 0.422 e. The maximum Gasteiger partial charge on any atom is 0.422 e. The van der Waals surface area contributed by atoms with Gasteiger partial charge in [-0.2, -0.15) is 23.5 Å². The number of alkyl halides is 3. The Morgan fingerprint density at radius 2 is 1.88 bits per heavy atom. The van der Waals surface area contributed by atoms with Crippen molar-refractivity contribution in [3.8, 4) is 11.8 Å². The number of hydrogen-bond donors (Lipinski definition) is 1. The van der Waals surface area contributed by atoms with Crippen LogP contribution in [0.5, 0.6) is 5.75 Å². The van der Waals surface area contributed by atoms with Crippen LogP contribution in [0.3, 0.4) is 0 Å². The van der Waals surface area contributed by atoms with E-state index < -0.39 is 23.3 Å². The number of nitrogens with zero attached hydrogens (tertiary/aromatic N) is 6. The van der Waals surface area contributed by atoms with Crippen molar-refractivity contribution >= 4 is 11.7 Å².